The van der Waals surface area contributed by atoms with E-state index in [9.17, 15) is 19.2 Å². The van der Waals surface area contributed by atoms with E-state index < -0.39 is 52.7 Å². The van der Waals surface area contributed by atoms with Gasteiger partial charge in [0.15, 0.2) is 0 Å². The third kappa shape index (κ3) is 12.3. The average molecular weight is 843 g/mol. The molecule has 0 unspecified atom stereocenters. The van der Waals surface area contributed by atoms with E-state index in [1.807, 2.05) is 124 Å². The van der Waals surface area contributed by atoms with Crippen LogP contribution in [0.1, 0.15) is 89.6 Å². The monoisotopic (exact) mass is 842 g/mol. The van der Waals surface area contributed by atoms with Crippen LogP contribution in [0.3, 0.4) is 0 Å². The smallest absolute Gasteiger partial charge is 0.324 e. The van der Waals surface area contributed by atoms with Crippen LogP contribution in [0.4, 0.5) is 0 Å². The van der Waals surface area contributed by atoms with Crippen molar-refractivity contribution < 1.29 is 38.1 Å². The number of carbonyl (C=O) groups is 4. The van der Waals surface area contributed by atoms with Crippen LogP contribution in [0.25, 0.3) is 11.1 Å². The maximum atomic E-state index is 14.1. The van der Waals surface area contributed by atoms with Gasteiger partial charge in [-0.3, -0.25) is 29.4 Å². The summed E-state index contributed by atoms with van der Waals surface area (Å²) in [6, 6.07) is 44.9. The van der Waals surface area contributed by atoms with Crippen molar-refractivity contribution in [1.82, 2.24) is 10.2 Å². The molecule has 0 aliphatic heterocycles. The Bertz CT molecular complexity index is 2180. The molecule has 0 radical (unpaired) electrons. The molecule has 0 saturated carbocycles. The molecule has 0 fully saturated rings. The first-order valence-electron chi connectivity index (χ1n) is 20.5. The van der Waals surface area contributed by atoms with Gasteiger partial charge in [0, 0.05) is 13.1 Å². The van der Waals surface area contributed by atoms with Crippen molar-refractivity contribution in [3.63, 3.8) is 0 Å². The van der Waals surface area contributed by atoms with Crippen LogP contribution in [0.2, 0.25) is 0 Å². The van der Waals surface area contributed by atoms with E-state index in [2.05, 4.69) is 51.4 Å². The summed E-state index contributed by atoms with van der Waals surface area (Å²) in [5, 5.41) is 3.05. The summed E-state index contributed by atoms with van der Waals surface area (Å²) in [6.45, 7) is 11.8. The lowest BCUT2D eigenvalue weighted by atomic mass is 9.77. The molecule has 0 spiro atoms. The second kappa shape index (κ2) is 21.6. The lowest BCUT2D eigenvalue weighted by Gasteiger charge is -2.47. The minimum Gasteiger partial charge on any atom is -0.469 e. The summed E-state index contributed by atoms with van der Waals surface area (Å²) in [4.78, 5) is 52.8. The molecule has 1 aliphatic carbocycles. The van der Waals surface area contributed by atoms with Crippen molar-refractivity contribution in [2.45, 2.75) is 104 Å². The number of nitrogens with zero attached hydrogens (tertiary/aromatic N) is 1. The van der Waals surface area contributed by atoms with Crippen LogP contribution in [-0.4, -0.2) is 66.3 Å². The summed E-state index contributed by atoms with van der Waals surface area (Å²) in [5.41, 5.74) is 5.11. The molecule has 62 heavy (non-hydrogen) atoms. The number of nitrogens with one attached hydrogen (secondary N) is 1. The number of esters is 4. The summed E-state index contributed by atoms with van der Waals surface area (Å²) in [5.74, 6) is -1.85. The van der Waals surface area contributed by atoms with E-state index in [4.69, 9.17) is 14.2 Å². The van der Waals surface area contributed by atoms with Crippen molar-refractivity contribution in [2.24, 2.45) is 0 Å². The molecule has 5 aromatic rings. The van der Waals surface area contributed by atoms with Crippen LogP contribution < -0.4 is 5.32 Å². The molecular weight excluding hydrogens is 781 g/mol. The molecule has 5 aromatic carbocycles. The first-order valence-corrected chi connectivity index (χ1v) is 20.5. The molecular formula is C52H62N2O8. The van der Waals surface area contributed by atoms with Gasteiger partial charge in [0.25, 0.3) is 0 Å². The number of benzene rings is 5. The zero-order valence-electron chi connectivity index (χ0n) is 36.5. The summed E-state index contributed by atoms with van der Waals surface area (Å²) >= 11 is 0. The zero-order valence-corrected chi connectivity index (χ0v) is 36.5. The number of carbonyl (C=O) groups excluding carboxylic acids is 4. The quantitative estimate of drug-likeness (QED) is 0.0856. The van der Waals surface area contributed by atoms with E-state index >= 15 is 0 Å². The van der Waals surface area contributed by atoms with E-state index in [1.165, 1.54) is 14.2 Å². The van der Waals surface area contributed by atoms with Crippen molar-refractivity contribution >= 4 is 23.9 Å². The standard InChI is InChI=1S/C35H35NO4.C16H23NO4.CH4/c1-34(2,3)40-33(38)31(23-32(37)39-4)36(24-25-15-7-5-8-16-25)35(26-17-9-6-10-18-26)29-21-13-11-19-27(29)28-20-12-14-22-30(28)35;1-16(2,3)21-15(19)13(10-14(18)20-4)17-11-12-8-6-5-7-9-12;/h5-22,31H,23-24H2,1-4H3;5-9,13,17H,10-11H2,1-4H3;1H4/t31-;13-;/m00./s1. The Morgan fingerprint density at radius 2 is 0.984 bits per heavy atom. The highest BCUT2D eigenvalue weighted by Crippen LogP contribution is 2.55. The van der Waals surface area contributed by atoms with Gasteiger partial charge in [0.05, 0.1) is 32.6 Å². The van der Waals surface area contributed by atoms with Crippen LogP contribution in [0.5, 0.6) is 0 Å². The average Bonchev–Trinajstić information content (AvgIpc) is 3.54. The van der Waals surface area contributed by atoms with Gasteiger partial charge in [-0.05, 0) is 80.5 Å². The molecule has 2 atom stereocenters. The fourth-order valence-corrected chi connectivity index (χ4v) is 7.55. The van der Waals surface area contributed by atoms with Gasteiger partial charge in [0.1, 0.15) is 23.3 Å². The van der Waals surface area contributed by atoms with E-state index in [0.717, 1.165) is 38.9 Å². The van der Waals surface area contributed by atoms with Gasteiger partial charge in [-0.25, -0.2) is 0 Å². The normalized spacial score (nSPS) is 13.4. The fourth-order valence-electron chi connectivity index (χ4n) is 7.55. The van der Waals surface area contributed by atoms with Crippen LogP contribution in [0, 0.1) is 0 Å². The number of hydrogen-bond donors (Lipinski definition) is 1. The predicted octanol–water partition coefficient (Wildman–Crippen LogP) is 9.42. The molecule has 0 heterocycles. The molecule has 328 valence electrons. The third-order valence-corrected chi connectivity index (χ3v) is 10.1. The second-order valence-corrected chi connectivity index (χ2v) is 16.8. The topological polar surface area (TPSA) is 120 Å². The molecule has 0 saturated heterocycles. The third-order valence-electron chi connectivity index (χ3n) is 10.1. The highest BCUT2D eigenvalue weighted by molar-refractivity contribution is 5.87. The Morgan fingerprint density at radius 1 is 0.565 bits per heavy atom. The van der Waals surface area contributed by atoms with Crippen LogP contribution in [-0.2, 0) is 56.8 Å². The highest BCUT2D eigenvalue weighted by atomic mass is 16.6. The zero-order chi connectivity index (χ0) is 44.2. The Labute approximate surface area is 367 Å². The van der Waals surface area contributed by atoms with Gasteiger partial charge in [-0.2, -0.15) is 0 Å². The van der Waals surface area contributed by atoms with Gasteiger partial charge >= 0.3 is 23.9 Å². The molecule has 0 bridgehead atoms. The number of ether oxygens (including phenoxy) is 4. The molecule has 10 heteroatoms. The number of rotatable bonds is 14. The lowest BCUT2D eigenvalue weighted by molar-refractivity contribution is -0.167. The summed E-state index contributed by atoms with van der Waals surface area (Å²) in [7, 11) is 2.65. The van der Waals surface area contributed by atoms with Gasteiger partial charge in [-0.15, -0.1) is 0 Å². The molecule has 6 rings (SSSR count). The highest BCUT2D eigenvalue weighted by Gasteiger charge is 2.53. The molecule has 10 nitrogen and oxygen atoms in total. The summed E-state index contributed by atoms with van der Waals surface area (Å²) in [6.07, 6.45) is -0.213. The van der Waals surface area contributed by atoms with Crippen molar-refractivity contribution in [3.05, 3.63) is 167 Å². The Hall–Kier alpha value is -6.10. The lowest BCUT2D eigenvalue weighted by Crippen LogP contribution is -2.56. The Balaban J connectivity index is 0.000000327. The Kier molecular flexibility index (Phi) is 16.9. The number of hydrogen-bond acceptors (Lipinski definition) is 10. The molecule has 0 aromatic heterocycles. The van der Waals surface area contributed by atoms with Gasteiger partial charge < -0.3 is 18.9 Å². The maximum Gasteiger partial charge on any atom is 0.324 e. The van der Waals surface area contributed by atoms with Crippen LogP contribution >= 0.6 is 0 Å². The van der Waals surface area contributed by atoms with Crippen molar-refractivity contribution in [2.75, 3.05) is 14.2 Å². The molecule has 1 aliphatic rings. The minimum atomic E-state index is -0.939. The van der Waals surface area contributed by atoms with E-state index in [0.29, 0.717) is 13.1 Å². The van der Waals surface area contributed by atoms with Gasteiger partial charge in [-0.1, -0.05) is 147 Å². The number of methoxy groups -OCH3 is 2. The Morgan fingerprint density at radius 3 is 1.47 bits per heavy atom. The largest absolute Gasteiger partial charge is 0.469 e. The summed E-state index contributed by atoms with van der Waals surface area (Å²) < 4.78 is 21.1. The molecule has 1 N–H and O–H groups in total. The van der Waals surface area contributed by atoms with E-state index in [-0.39, 0.29) is 20.3 Å². The van der Waals surface area contributed by atoms with E-state index in [1.54, 1.807) is 20.8 Å². The first-order chi connectivity index (χ1) is 29.1. The number of fused-ring (bicyclic) bond motifs is 3. The SMILES string of the molecule is C.COC(=O)C[C@@H](C(=O)OC(C)(C)C)N(Cc1ccccc1)C1(c2ccccc2)c2ccccc2-c2ccccc21.COC(=O)C[C@H](NCc1ccccc1)C(=O)OC(C)(C)C. The molecule has 0 amide bonds. The maximum absolute atomic E-state index is 14.1. The predicted molar refractivity (Wildman–Crippen MR) is 243 cm³/mol. The second-order valence-electron chi connectivity index (χ2n) is 16.8. The van der Waals surface area contributed by atoms with Crippen LogP contribution in [0.15, 0.2) is 140 Å². The van der Waals surface area contributed by atoms with Crippen molar-refractivity contribution in [3.8, 4) is 11.1 Å². The van der Waals surface area contributed by atoms with Crippen molar-refractivity contribution in [1.29, 1.82) is 0 Å². The first kappa shape index (κ1) is 48.6. The van der Waals surface area contributed by atoms with Gasteiger partial charge in [0.2, 0.25) is 0 Å². The minimum absolute atomic E-state index is 0. The fraction of sp³-hybridized carbons (Fsp3) is 0.346.